The zero-order valence-electron chi connectivity index (χ0n) is 12.2. The van der Waals surface area contributed by atoms with Crippen LogP contribution in [0, 0.1) is 11.8 Å². The van der Waals surface area contributed by atoms with Gasteiger partial charge in [0.05, 0.1) is 0 Å². The van der Waals surface area contributed by atoms with E-state index in [2.05, 4.69) is 5.32 Å². The molecule has 6 nitrogen and oxygen atoms in total. The second-order valence-electron chi connectivity index (χ2n) is 5.57. The first-order valence-corrected chi connectivity index (χ1v) is 6.67. The highest BCUT2D eigenvalue weighted by Crippen LogP contribution is 2.04. The van der Waals surface area contributed by atoms with Gasteiger partial charge in [-0.15, -0.1) is 0 Å². The van der Waals surface area contributed by atoms with Gasteiger partial charge in [-0.3, -0.25) is 0 Å². The van der Waals surface area contributed by atoms with Crippen molar-refractivity contribution >= 4 is 12.0 Å². The fourth-order valence-corrected chi connectivity index (χ4v) is 1.67. The number of hydrogen-bond donors (Lipinski definition) is 3. The van der Waals surface area contributed by atoms with Crippen LogP contribution in [-0.4, -0.2) is 52.9 Å². The first kappa shape index (κ1) is 17.7. The van der Waals surface area contributed by atoms with Crippen LogP contribution in [0.5, 0.6) is 0 Å². The molecule has 0 saturated carbocycles. The number of urea groups is 1. The highest BCUT2D eigenvalue weighted by Gasteiger charge is 2.17. The van der Waals surface area contributed by atoms with E-state index in [-0.39, 0.29) is 19.0 Å². The topological polar surface area (TPSA) is 89.9 Å². The molecule has 0 aliphatic heterocycles. The first-order chi connectivity index (χ1) is 8.73. The number of carbonyl (C=O) groups is 2. The van der Waals surface area contributed by atoms with E-state index in [0.717, 1.165) is 0 Å². The minimum Gasteiger partial charge on any atom is -0.479 e. The number of nitrogens with one attached hydrogen (secondary N) is 1. The van der Waals surface area contributed by atoms with E-state index in [0.29, 0.717) is 24.9 Å². The van der Waals surface area contributed by atoms with Crippen molar-refractivity contribution in [1.29, 1.82) is 0 Å². The minimum atomic E-state index is -1.43. The number of aliphatic carboxylic acids is 1. The third kappa shape index (κ3) is 8.42. The van der Waals surface area contributed by atoms with Crippen LogP contribution in [-0.2, 0) is 4.79 Å². The van der Waals surface area contributed by atoms with E-state index in [9.17, 15) is 9.59 Å². The van der Waals surface area contributed by atoms with Crippen molar-refractivity contribution in [2.75, 3.05) is 19.6 Å². The van der Waals surface area contributed by atoms with Crippen molar-refractivity contribution in [3.63, 3.8) is 0 Å². The van der Waals surface area contributed by atoms with Gasteiger partial charge < -0.3 is 20.4 Å². The summed E-state index contributed by atoms with van der Waals surface area (Å²) in [6, 6.07) is -0.208. The number of hydrogen-bond acceptors (Lipinski definition) is 3. The van der Waals surface area contributed by atoms with E-state index in [1.165, 1.54) is 0 Å². The molecule has 0 bridgehead atoms. The lowest BCUT2D eigenvalue weighted by molar-refractivity contribution is -0.146. The zero-order chi connectivity index (χ0) is 15.0. The number of nitrogens with zero attached hydrogens (tertiary/aromatic N) is 1. The number of amides is 2. The number of carbonyl (C=O) groups excluding carboxylic acids is 1. The Hall–Kier alpha value is -1.30. The average molecular weight is 274 g/mol. The third-order valence-corrected chi connectivity index (χ3v) is 2.44. The Kier molecular flexibility index (Phi) is 8.14. The maximum atomic E-state index is 12.0. The maximum absolute atomic E-state index is 12.0. The highest BCUT2D eigenvalue weighted by molar-refractivity contribution is 5.74. The molecule has 0 spiro atoms. The van der Waals surface area contributed by atoms with E-state index in [1.807, 2.05) is 27.7 Å². The third-order valence-electron chi connectivity index (χ3n) is 2.44. The summed E-state index contributed by atoms with van der Waals surface area (Å²) in [5.74, 6) is -0.529. The summed E-state index contributed by atoms with van der Waals surface area (Å²) in [4.78, 5) is 24.1. The molecule has 0 aromatic rings. The molecule has 0 aliphatic carbocycles. The summed E-state index contributed by atoms with van der Waals surface area (Å²) < 4.78 is 0. The molecule has 1 unspecified atom stereocenters. The van der Waals surface area contributed by atoms with Gasteiger partial charge in [0.15, 0.2) is 6.10 Å². The molecule has 0 aliphatic rings. The fraction of sp³-hybridized carbons (Fsp3) is 0.846. The fourth-order valence-electron chi connectivity index (χ4n) is 1.67. The van der Waals surface area contributed by atoms with E-state index >= 15 is 0 Å². The molecule has 0 aromatic heterocycles. The molecule has 19 heavy (non-hydrogen) atoms. The summed E-state index contributed by atoms with van der Waals surface area (Å²) in [5.41, 5.74) is 0. The number of rotatable bonds is 8. The molecular formula is C13H26N2O4. The van der Waals surface area contributed by atoms with Crippen LogP contribution < -0.4 is 5.32 Å². The van der Waals surface area contributed by atoms with Gasteiger partial charge in [-0.25, -0.2) is 9.59 Å². The predicted molar refractivity (Wildman–Crippen MR) is 72.9 cm³/mol. The van der Waals surface area contributed by atoms with Crippen molar-refractivity contribution in [2.45, 2.75) is 40.2 Å². The molecule has 3 N–H and O–H groups in total. The van der Waals surface area contributed by atoms with Gasteiger partial charge in [0.2, 0.25) is 0 Å². The van der Waals surface area contributed by atoms with Crippen molar-refractivity contribution in [3.8, 4) is 0 Å². The molecule has 0 rings (SSSR count). The second-order valence-corrected chi connectivity index (χ2v) is 5.57. The number of carboxylic acid groups (broad SMARTS) is 1. The molecule has 0 heterocycles. The standard InChI is InChI=1S/C13H26N2O4/c1-9(2)7-15(8-10(3)4)13(19)14-6-5-11(16)12(17)18/h9-11,16H,5-8H2,1-4H3,(H,14,19)(H,17,18). The van der Waals surface area contributed by atoms with Crippen LogP contribution in [0.4, 0.5) is 4.79 Å². The van der Waals surface area contributed by atoms with Gasteiger partial charge in [-0.1, -0.05) is 27.7 Å². The Bertz CT molecular complexity index is 282. The quantitative estimate of drug-likeness (QED) is 0.619. The summed E-state index contributed by atoms with van der Waals surface area (Å²) >= 11 is 0. The smallest absolute Gasteiger partial charge is 0.332 e. The van der Waals surface area contributed by atoms with E-state index in [4.69, 9.17) is 10.2 Å². The summed E-state index contributed by atoms with van der Waals surface area (Å²) in [7, 11) is 0. The van der Waals surface area contributed by atoms with Gasteiger partial charge in [-0.2, -0.15) is 0 Å². The van der Waals surface area contributed by atoms with Gasteiger partial charge in [0, 0.05) is 26.1 Å². The average Bonchev–Trinajstić information content (AvgIpc) is 2.26. The molecular weight excluding hydrogens is 248 g/mol. The highest BCUT2D eigenvalue weighted by atomic mass is 16.4. The van der Waals surface area contributed by atoms with Gasteiger partial charge in [-0.05, 0) is 11.8 Å². The Morgan fingerprint density at radius 2 is 1.58 bits per heavy atom. The number of aliphatic hydroxyl groups excluding tert-OH is 1. The van der Waals surface area contributed by atoms with Crippen molar-refractivity contribution < 1.29 is 19.8 Å². The van der Waals surface area contributed by atoms with Crippen molar-refractivity contribution in [2.24, 2.45) is 11.8 Å². The van der Waals surface area contributed by atoms with Crippen LogP contribution in [0.15, 0.2) is 0 Å². The molecule has 0 saturated heterocycles. The molecule has 2 amide bonds. The minimum absolute atomic E-state index is 0.0122. The second kappa shape index (κ2) is 8.74. The molecule has 6 heteroatoms. The Morgan fingerprint density at radius 1 is 1.11 bits per heavy atom. The van der Waals surface area contributed by atoms with Crippen LogP contribution in [0.25, 0.3) is 0 Å². The normalized spacial score (nSPS) is 12.6. The van der Waals surface area contributed by atoms with Crippen molar-refractivity contribution in [1.82, 2.24) is 10.2 Å². The van der Waals surface area contributed by atoms with Gasteiger partial charge >= 0.3 is 12.0 Å². The summed E-state index contributed by atoms with van der Waals surface area (Å²) in [6.45, 7) is 9.61. The number of carboxylic acids is 1. The lowest BCUT2D eigenvalue weighted by Crippen LogP contribution is -2.44. The summed E-state index contributed by atoms with van der Waals surface area (Å²) in [6.07, 6.45) is -1.41. The molecule has 0 fully saturated rings. The van der Waals surface area contributed by atoms with Gasteiger partial charge in [0.1, 0.15) is 0 Å². The first-order valence-electron chi connectivity index (χ1n) is 6.67. The predicted octanol–water partition coefficient (Wildman–Crippen LogP) is 1.15. The maximum Gasteiger partial charge on any atom is 0.332 e. The molecule has 0 aromatic carbocycles. The molecule has 112 valence electrons. The van der Waals surface area contributed by atoms with E-state index in [1.54, 1.807) is 4.90 Å². The molecule has 0 radical (unpaired) electrons. The monoisotopic (exact) mass is 274 g/mol. The van der Waals surface area contributed by atoms with Crippen LogP contribution in [0.3, 0.4) is 0 Å². The van der Waals surface area contributed by atoms with Crippen LogP contribution in [0.2, 0.25) is 0 Å². The van der Waals surface area contributed by atoms with Gasteiger partial charge in [0.25, 0.3) is 0 Å². The number of aliphatic hydroxyl groups is 1. The summed E-state index contributed by atoms with van der Waals surface area (Å²) in [5, 5.41) is 20.3. The van der Waals surface area contributed by atoms with Crippen LogP contribution in [0.1, 0.15) is 34.1 Å². The largest absolute Gasteiger partial charge is 0.479 e. The Labute approximate surface area is 114 Å². The SMILES string of the molecule is CC(C)CN(CC(C)C)C(=O)NCCC(O)C(=O)O. The van der Waals surface area contributed by atoms with Crippen LogP contribution >= 0.6 is 0 Å². The molecule has 1 atom stereocenters. The Balaban J connectivity index is 4.20. The Morgan fingerprint density at radius 3 is 1.95 bits per heavy atom. The zero-order valence-corrected chi connectivity index (χ0v) is 12.2. The lowest BCUT2D eigenvalue weighted by atomic mass is 10.1. The lowest BCUT2D eigenvalue weighted by Gasteiger charge is -2.26. The van der Waals surface area contributed by atoms with Crippen molar-refractivity contribution in [3.05, 3.63) is 0 Å². The van der Waals surface area contributed by atoms with E-state index < -0.39 is 12.1 Å².